The summed E-state index contributed by atoms with van der Waals surface area (Å²) in [4.78, 5) is 0. The molecule has 8 heteroatoms. The molecule has 0 saturated heterocycles. The second-order valence-corrected chi connectivity index (χ2v) is 5.17. The average Bonchev–Trinajstić information content (AvgIpc) is 2.23. The Morgan fingerprint density at radius 3 is 2.60 bits per heavy atom. The summed E-state index contributed by atoms with van der Waals surface area (Å²) in [6.07, 6.45) is 0. The van der Waals surface area contributed by atoms with Crippen LogP contribution in [0.4, 0.5) is 0 Å². The van der Waals surface area contributed by atoms with Crippen LogP contribution in [0, 0.1) is 0 Å². The van der Waals surface area contributed by atoms with Crippen LogP contribution < -0.4 is 5.73 Å². The lowest BCUT2D eigenvalue weighted by atomic mass is 10.3. The maximum Gasteiger partial charge on any atom is 0.216 e. The maximum atomic E-state index is 11.6. The number of oxime groups is 1. The highest BCUT2D eigenvalue weighted by molar-refractivity contribution is 7.89. The molecular formula is C7H17N3O4S. The molecule has 0 aromatic rings. The lowest BCUT2D eigenvalue weighted by Crippen LogP contribution is -2.45. The molecule has 1 atom stereocenters. The van der Waals surface area contributed by atoms with Crippen LogP contribution in [0.2, 0.25) is 0 Å². The standard InChI is InChI=1S/C7H17N3O4S/c1-6(7(8)9-11)10(2)15(12,13)5-4-14-3/h6,11H,4-5H2,1-3H3,(H2,8,9). The fourth-order valence-electron chi connectivity index (χ4n) is 0.843. The van der Waals surface area contributed by atoms with Gasteiger partial charge in [0.25, 0.3) is 0 Å². The molecule has 15 heavy (non-hydrogen) atoms. The van der Waals surface area contributed by atoms with E-state index in [0.717, 1.165) is 4.31 Å². The van der Waals surface area contributed by atoms with Gasteiger partial charge in [-0.25, -0.2) is 8.42 Å². The molecule has 7 nitrogen and oxygen atoms in total. The number of nitrogens with two attached hydrogens (primary N) is 1. The monoisotopic (exact) mass is 239 g/mol. The van der Waals surface area contributed by atoms with Gasteiger partial charge >= 0.3 is 0 Å². The number of methoxy groups -OCH3 is 1. The SMILES string of the molecule is COCCS(=O)(=O)N(C)C(C)C(N)=NO. The van der Waals surface area contributed by atoms with E-state index in [1.807, 2.05) is 0 Å². The molecule has 0 fully saturated rings. The zero-order chi connectivity index (χ0) is 12.1. The molecule has 0 aromatic heterocycles. The van der Waals surface area contributed by atoms with E-state index in [9.17, 15) is 8.42 Å². The van der Waals surface area contributed by atoms with Crippen molar-refractivity contribution in [2.75, 3.05) is 26.5 Å². The van der Waals surface area contributed by atoms with E-state index in [-0.39, 0.29) is 18.2 Å². The van der Waals surface area contributed by atoms with Crippen molar-refractivity contribution in [3.05, 3.63) is 0 Å². The van der Waals surface area contributed by atoms with Crippen LogP contribution in [0.25, 0.3) is 0 Å². The minimum atomic E-state index is -3.44. The third kappa shape index (κ3) is 4.02. The molecule has 0 aliphatic rings. The van der Waals surface area contributed by atoms with Gasteiger partial charge in [-0.1, -0.05) is 5.16 Å². The molecular weight excluding hydrogens is 222 g/mol. The van der Waals surface area contributed by atoms with E-state index in [1.165, 1.54) is 21.1 Å². The summed E-state index contributed by atoms with van der Waals surface area (Å²) in [5.74, 6) is -0.290. The zero-order valence-electron chi connectivity index (χ0n) is 9.04. The van der Waals surface area contributed by atoms with Crippen molar-refractivity contribution in [2.45, 2.75) is 13.0 Å². The summed E-state index contributed by atoms with van der Waals surface area (Å²) in [7, 11) is -0.653. The molecule has 0 radical (unpaired) electrons. The van der Waals surface area contributed by atoms with E-state index >= 15 is 0 Å². The molecule has 1 unspecified atom stereocenters. The first kappa shape index (κ1) is 14.1. The Bertz CT molecular complexity index is 314. The minimum Gasteiger partial charge on any atom is -0.409 e. The molecule has 90 valence electrons. The molecule has 3 N–H and O–H groups in total. The highest BCUT2D eigenvalue weighted by Gasteiger charge is 2.25. The normalized spacial score (nSPS) is 15.6. The number of sulfonamides is 1. The van der Waals surface area contributed by atoms with E-state index in [0.29, 0.717) is 0 Å². The van der Waals surface area contributed by atoms with E-state index in [1.54, 1.807) is 0 Å². The summed E-state index contributed by atoms with van der Waals surface area (Å²) >= 11 is 0. The summed E-state index contributed by atoms with van der Waals surface area (Å²) in [5.41, 5.74) is 5.31. The number of hydrogen-bond donors (Lipinski definition) is 2. The molecule has 0 aliphatic carbocycles. The van der Waals surface area contributed by atoms with Crippen molar-refractivity contribution < 1.29 is 18.4 Å². The second-order valence-electron chi connectivity index (χ2n) is 3.03. The summed E-state index contributed by atoms with van der Waals surface area (Å²) in [5, 5.41) is 11.2. The number of nitrogens with zero attached hydrogens (tertiary/aromatic N) is 2. The third-order valence-corrected chi connectivity index (χ3v) is 3.95. The molecule has 0 amide bonds. The van der Waals surface area contributed by atoms with Crippen LogP contribution in [0.3, 0.4) is 0 Å². The average molecular weight is 239 g/mol. The summed E-state index contributed by atoms with van der Waals surface area (Å²) < 4.78 is 28.9. The van der Waals surface area contributed by atoms with Crippen molar-refractivity contribution in [3.8, 4) is 0 Å². The van der Waals surface area contributed by atoms with Crippen LogP contribution >= 0.6 is 0 Å². The zero-order valence-corrected chi connectivity index (χ0v) is 9.86. The molecule has 0 saturated carbocycles. The molecule has 0 aliphatic heterocycles. The van der Waals surface area contributed by atoms with Gasteiger partial charge in [-0.05, 0) is 6.92 Å². The number of rotatable bonds is 6. The van der Waals surface area contributed by atoms with Crippen molar-refractivity contribution >= 4 is 15.9 Å². The Kier molecular flexibility index (Phi) is 5.55. The highest BCUT2D eigenvalue weighted by atomic mass is 32.2. The molecule has 0 rings (SSSR count). The van der Waals surface area contributed by atoms with Crippen molar-refractivity contribution in [3.63, 3.8) is 0 Å². The van der Waals surface area contributed by atoms with Gasteiger partial charge in [0.1, 0.15) is 0 Å². The van der Waals surface area contributed by atoms with Crippen LogP contribution in [-0.2, 0) is 14.8 Å². The number of hydrogen-bond acceptors (Lipinski definition) is 5. The minimum absolute atomic E-state index is 0.107. The van der Waals surface area contributed by atoms with Crippen LogP contribution in [0.15, 0.2) is 5.16 Å². The molecule has 0 heterocycles. The Hall–Kier alpha value is -0.860. The van der Waals surface area contributed by atoms with E-state index in [4.69, 9.17) is 10.9 Å². The Balaban J connectivity index is 4.62. The van der Waals surface area contributed by atoms with Crippen molar-refractivity contribution in [1.82, 2.24) is 4.31 Å². The van der Waals surface area contributed by atoms with Gasteiger partial charge in [-0.3, -0.25) is 0 Å². The predicted molar refractivity (Wildman–Crippen MR) is 56.3 cm³/mol. The van der Waals surface area contributed by atoms with Gasteiger partial charge in [0.15, 0.2) is 5.84 Å². The largest absolute Gasteiger partial charge is 0.409 e. The number of likely N-dealkylation sites (N-methyl/N-ethyl adjacent to an activating group) is 1. The van der Waals surface area contributed by atoms with Crippen LogP contribution in [-0.4, -0.2) is 56.3 Å². The van der Waals surface area contributed by atoms with Crippen molar-refractivity contribution in [2.24, 2.45) is 10.9 Å². The Labute approximate surface area is 89.5 Å². The first-order valence-corrected chi connectivity index (χ1v) is 5.89. The second kappa shape index (κ2) is 5.89. The molecule has 0 aromatic carbocycles. The number of ether oxygens (including phenoxy) is 1. The predicted octanol–water partition coefficient (Wildman–Crippen LogP) is -0.971. The van der Waals surface area contributed by atoms with Gasteiger partial charge in [-0.2, -0.15) is 4.31 Å². The van der Waals surface area contributed by atoms with Gasteiger partial charge in [-0.15, -0.1) is 0 Å². The highest BCUT2D eigenvalue weighted by Crippen LogP contribution is 2.04. The Morgan fingerprint density at radius 1 is 1.67 bits per heavy atom. The summed E-state index contributed by atoms with van der Waals surface area (Å²) in [6.45, 7) is 1.63. The van der Waals surface area contributed by atoms with Crippen molar-refractivity contribution in [1.29, 1.82) is 0 Å². The third-order valence-electron chi connectivity index (χ3n) is 2.07. The smallest absolute Gasteiger partial charge is 0.216 e. The van der Waals surface area contributed by atoms with Gasteiger partial charge in [0.05, 0.1) is 18.4 Å². The van der Waals surface area contributed by atoms with Crippen LogP contribution in [0.5, 0.6) is 0 Å². The van der Waals surface area contributed by atoms with Gasteiger partial charge in [0, 0.05) is 14.2 Å². The summed E-state index contributed by atoms with van der Waals surface area (Å²) in [6, 6.07) is -0.683. The first-order chi connectivity index (χ1) is 6.86. The van der Waals surface area contributed by atoms with Gasteiger partial charge in [0.2, 0.25) is 10.0 Å². The fraction of sp³-hybridized carbons (Fsp3) is 0.857. The maximum absolute atomic E-state index is 11.6. The van der Waals surface area contributed by atoms with Gasteiger partial charge < -0.3 is 15.7 Å². The van der Waals surface area contributed by atoms with E-state index in [2.05, 4.69) is 9.89 Å². The molecule has 0 spiro atoms. The number of amidine groups is 1. The Morgan fingerprint density at radius 2 is 2.20 bits per heavy atom. The fourth-order valence-corrected chi connectivity index (χ4v) is 2.10. The lowest BCUT2D eigenvalue weighted by Gasteiger charge is -2.22. The molecule has 0 bridgehead atoms. The quantitative estimate of drug-likeness (QED) is 0.268. The lowest BCUT2D eigenvalue weighted by molar-refractivity contribution is 0.215. The van der Waals surface area contributed by atoms with E-state index < -0.39 is 16.1 Å². The first-order valence-electron chi connectivity index (χ1n) is 4.29. The topological polar surface area (TPSA) is 105 Å². The van der Waals surface area contributed by atoms with Crippen LogP contribution in [0.1, 0.15) is 6.92 Å².